The number of carbonyl (C=O) groups excluding carboxylic acids is 1. The molecule has 1 atom stereocenters. The van der Waals surface area contributed by atoms with Gasteiger partial charge in [-0.1, -0.05) is 49.6 Å². The van der Waals surface area contributed by atoms with Crippen LogP contribution in [0.3, 0.4) is 0 Å². The number of urea groups is 1. The predicted molar refractivity (Wildman–Crippen MR) is 98.3 cm³/mol. The number of rotatable bonds is 2. The standard InChI is InChI=1S/C21H25N3O/c25-21(23-18-9-2-1-3-10-18)24-14-12-16-7-4-5-11-19(16)20(24)17-8-6-13-22-15-17/h4-8,11,13,15,18,20H,1-3,9-10,12,14H2,(H,23,25). The number of benzene rings is 1. The van der Waals surface area contributed by atoms with E-state index in [-0.39, 0.29) is 12.1 Å². The maximum atomic E-state index is 13.1. The van der Waals surface area contributed by atoms with Gasteiger partial charge in [0.05, 0.1) is 6.04 Å². The van der Waals surface area contributed by atoms with Gasteiger partial charge in [-0.2, -0.15) is 0 Å². The Hall–Kier alpha value is -2.36. The average molecular weight is 335 g/mol. The number of nitrogens with zero attached hydrogens (tertiary/aromatic N) is 2. The zero-order valence-electron chi connectivity index (χ0n) is 14.5. The number of hydrogen-bond acceptors (Lipinski definition) is 2. The van der Waals surface area contributed by atoms with Crippen molar-refractivity contribution in [3.05, 3.63) is 65.5 Å². The lowest BCUT2D eigenvalue weighted by Crippen LogP contribution is -2.49. The highest BCUT2D eigenvalue weighted by atomic mass is 16.2. The van der Waals surface area contributed by atoms with Crippen LogP contribution in [0.2, 0.25) is 0 Å². The molecule has 0 spiro atoms. The van der Waals surface area contributed by atoms with E-state index in [4.69, 9.17) is 0 Å². The Balaban J connectivity index is 1.63. The lowest BCUT2D eigenvalue weighted by molar-refractivity contribution is 0.173. The minimum Gasteiger partial charge on any atom is -0.335 e. The van der Waals surface area contributed by atoms with Crippen LogP contribution in [0.5, 0.6) is 0 Å². The molecule has 130 valence electrons. The highest BCUT2D eigenvalue weighted by molar-refractivity contribution is 5.76. The van der Waals surface area contributed by atoms with Gasteiger partial charge in [0.15, 0.2) is 0 Å². The van der Waals surface area contributed by atoms with Crippen molar-refractivity contribution in [2.75, 3.05) is 6.54 Å². The molecule has 1 N–H and O–H groups in total. The number of amides is 2. The predicted octanol–water partition coefficient (Wildman–Crippen LogP) is 4.07. The van der Waals surface area contributed by atoms with Gasteiger partial charge < -0.3 is 10.2 Å². The van der Waals surface area contributed by atoms with Crippen molar-refractivity contribution in [1.29, 1.82) is 0 Å². The molecule has 1 fully saturated rings. The van der Waals surface area contributed by atoms with E-state index < -0.39 is 0 Å². The van der Waals surface area contributed by atoms with E-state index in [1.165, 1.54) is 30.4 Å². The molecule has 2 heterocycles. The molecule has 1 aliphatic heterocycles. The van der Waals surface area contributed by atoms with Crippen LogP contribution in [0.15, 0.2) is 48.8 Å². The van der Waals surface area contributed by atoms with Crippen LogP contribution in [0.1, 0.15) is 54.8 Å². The molecule has 2 aliphatic rings. The SMILES string of the molecule is O=C(NC1CCCCC1)N1CCc2ccccc2C1c1cccnc1. The second-order valence-corrected chi connectivity index (χ2v) is 7.12. The molecule has 1 aliphatic carbocycles. The summed E-state index contributed by atoms with van der Waals surface area (Å²) in [6, 6.07) is 12.8. The van der Waals surface area contributed by atoms with E-state index in [0.29, 0.717) is 6.04 Å². The van der Waals surface area contributed by atoms with Crippen molar-refractivity contribution < 1.29 is 4.79 Å². The minimum absolute atomic E-state index is 0.0535. The van der Waals surface area contributed by atoms with E-state index in [2.05, 4.69) is 40.6 Å². The first-order chi connectivity index (χ1) is 12.3. The maximum absolute atomic E-state index is 13.1. The van der Waals surface area contributed by atoms with E-state index >= 15 is 0 Å². The number of carbonyl (C=O) groups is 1. The number of fused-ring (bicyclic) bond motifs is 1. The Morgan fingerprint density at radius 1 is 1.08 bits per heavy atom. The van der Waals surface area contributed by atoms with Crippen molar-refractivity contribution in [3.8, 4) is 0 Å². The van der Waals surface area contributed by atoms with Crippen LogP contribution in [0, 0.1) is 0 Å². The third-order valence-electron chi connectivity index (χ3n) is 5.48. The van der Waals surface area contributed by atoms with E-state index in [9.17, 15) is 4.79 Å². The molecule has 2 amide bonds. The van der Waals surface area contributed by atoms with Crippen LogP contribution in [0.25, 0.3) is 0 Å². The zero-order chi connectivity index (χ0) is 17.1. The first kappa shape index (κ1) is 16.1. The Morgan fingerprint density at radius 2 is 1.92 bits per heavy atom. The second kappa shape index (κ2) is 7.26. The minimum atomic E-state index is -0.0535. The Labute approximate surface area is 149 Å². The molecule has 25 heavy (non-hydrogen) atoms. The summed E-state index contributed by atoms with van der Waals surface area (Å²) in [6.45, 7) is 0.745. The lowest BCUT2D eigenvalue weighted by atomic mass is 9.89. The summed E-state index contributed by atoms with van der Waals surface area (Å²) < 4.78 is 0. The van der Waals surface area contributed by atoms with Crippen molar-refractivity contribution in [3.63, 3.8) is 0 Å². The highest BCUT2D eigenvalue weighted by Crippen LogP contribution is 2.35. The van der Waals surface area contributed by atoms with E-state index in [1.807, 2.05) is 17.2 Å². The van der Waals surface area contributed by atoms with Gasteiger partial charge in [-0.3, -0.25) is 4.98 Å². The maximum Gasteiger partial charge on any atom is 0.318 e. The number of pyridine rings is 1. The molecule has 1 aromatic heterocycles. The zero-order valence-corrected chi connectivity index (χ0v) is 14.5. The van der Waals surface area contributed by atoms with Crippen LogP contribution in [-0.2, 0) is 6.42 Å². The topological polar surface area (TPSA) is 45.2 Å². The molecular weight excluding hydrogens is 310 g/mol. The Bertz CT molecular complexity index is 725. The summed E-state index contributed by atoms with van der Waals surface area (Å²) in [6.07, 6.45) is 10.5. The van der Waals surface area contributed by atoms with Gasteiger partial charge in [-0.05, 0) is 42.0 Å². The molecule has 0 saturated heterocycles. The monoisotopic (exact) mass is 335 g/mol. The molecule has 2 aromatic rings. The number of nitrogens with one attached hydrogen (secondary N) is 1. The normalized spacial score (nSPS) is 20.8. The largest absolute Gasteiger partial charge is 0.335 e. The summed E-state index contributed by atoms with van der Waals surface area (Å²) in [5, 5.41) is 3.29. The highest BCUT2D eigenvalue weighted by Gasteiger charge is 2.32. The van der Waals surface area contributed by atoms with Crippen LogP contribution in [-0.4, -0.2) is 28.5 Å². The molecular formula is C21H25N3O. The van der Waals surface area contributed by atoms with Crippen molar-refractivity contribution in [1.82, 2.24) is 15.2 Å². The van der Waals surface area contributed by atoms with Crippen LogP contribution in [0.4, 0.5) is 4.79 Å². The summed E-state index contributed by atoms with van der Waals surface area (Å²) in [4.78, 5) is 19.3. The summed E-state index contributed by atoms with van der Waals surface area (Å²) in [5.74, 6) is 0. The molecule has 1 saturated carbocycles. The van der Waals surface area contributed by atoms with Gasteiger partial charge in [-0.15, -0.1) is 0 Å². The molecule has 4 nitrogen and oxygen atoms in total. The third kappa shape index (κ3) is 3.39. The van der Waals surface area contributed by atoms with Gasteiger partial charge in [0.25, 0.3) is 0 Å². The number of aromatic nitrogens is 1. The second-order valence-electron chi connectivity index (χ2n) is 7.12. The smallest absolute Gasteiger partial charge is 0.318 e. The van der Waals surface area contributed by atoms with Crippen molar-refractivity contribution in [2.45, 2.75) is 50.6 Å². The molecule has 0 bridgehead atoms. The van der Waals surface area contributed by atoms with Crippen LogP contribution < -0.4 is 5.32 Å². The fourth-order valence-electron chi connectivity index (χ4n) is 4.19. The fourth-order valence-corrected chi connectivity index (χ4v) is 4.19. The van der Waals surface area contributed by atoms with Crippen LogP contribution >= 0.6 is 0 Å². The summed E-state index contributed by atoms with van der Waals surface area (Å²) in [7, 11) is 0. The van der Waals surface area contributed by atoms with Gasteiger partial charge in [0, 0.05) is 25.0 Å². The Kier molecular flexibility index (Phi) is 4.68. The van der Waals surface area contributed by atoms with Gasteiger partial charge in [0.1, 0.15) is 0 Å². The average Bonchev–Trinajstić information content (AvgIpc) is 2.68. The summed E-state index contributed by atoms with van der Waals surface area (Å²) >= 11 is 0. The van der Waals surface area contributed by atoms with E-state index in [1.54, 1.807) is 6.20 Å². The molecule has 1 aromatic carbocycles. The quantitative estimate of drug-likeness (QED) is 0.899. The fraction of sp³-hybridized carbons (Fsp3) is 0.429. The lowest BCUT2D eigenvalue weighted by Gasteiger charge is -2.38. The van der Waals surface area contributed by atoms with Gasteiger partial charge in [0.2, 0.25) is 0 Å². The van der Waals surface area contributed by atoms with Crippen molar-refractivity contribution >= 4 is 6.03 Å². The molecule has 4 rings (SSSR count). The third-order valence-corrected chi connectivity index (χ3v) is 5.48. The van der Waals surface area contributed by atoms with Crippen molar-refractivity contribution in [2.24, 2.45) is 0 Å². The van der Waals surface area contributed by atoms with Gasteiger partial charge >= 0.3 is 6.03 Å². The Morgan fingerprint density at radius 3 is 2.72 bits per heavy atom. The molecule has 4 heteroatoms. The summed E-state index contributed by atoms with van der Waals surface area (Å²) in [5.41, 5.74) is 3.63. The first-order valence-corrected chi connectivity index (χ1v) is 9.38. The van der Waals surface area contributed by atoms with Gasteiger partial charge in [-0.25, -0.2) is 4.79 Å². The number of hydrogen-bond donors (Lipinski definition) is 1. The first-order valence-electron chi connectivity index (χ1n) is 9.38. The molecule has 1 unspecified atom stereocenters. The van der Waals surface area contributed by atoms with E-state index in [0.717, 1.165) is 31.4 Å². The molecule has 0 radical (unpaired) electrons.